The number of ether oxygens (including phenoxy) is 1. The molecular weight excluding hydrogens is 382 g/mol. The molecule has 0 saturated carbocycles. The van der Waals surface area contributed by atoms with Gasteiger partial charge in [-0.05, 0) is 69.4 Å². The number of benzene rings is 2. The first-order chi connectivity index (χ1) is 13.0. The molecule has 0 atom stereocenters. The fraction of sp³-hybridized carbons (Fsp3) is 0.211. The van der Waals surface area contributed by atoms with Crippen LogP contribution >= 0.6 is 12.2 Å². The van der Waals surface area contributed by atoms with Crippen LogP contribution in [0.4, 0.5) is 11.4 Å². The summed E-state index contributed by atoms with van der Waals surface area (Å²) in [6.07, 6.45) is 0. The lowest BCUT2D eigenvalue weighted by Gasteiger charge is -2.19. The number of nitrogens with zero attached hydrogens (tertiary/aromatic N) is 1. The molecule has 146 valence electrons. The van der Waals surface area contributed by atoms with E-state index in [0.29, 0.717) is 11.3 Å². The van der Waals surface area contributed by atoms with E-state index < -0.39 is 22.4 Å². The van der Waals surface area contributed by atoms with Gasteiger partial charge in [-0.25, -0.2) is 4.79 Å². The van der Waals surface area contributed by atoms with Gasteiger partial charge in [-0.15, -0.1) is 0 Å². The highest BCUT2D eigenvalue weighted by Gasteiger charge is 2.17. The van der Waals surface area contributed by atoms with Crippen molar-refractivity contribution in [2.24, 2.45) is 0 Å². The zero-order chi connectivity index (χ0) is 20.9. The summed E-state index contributed by atoms with van der Waals surface area (Å²) < 4.78 is 5.29. The molecule has 2 aromatic rings. The molecule has 0 fully saturated rings. The average Bonchev–Trinajstić information content (AvgIpc) is 2.60. The second kappa shape index (κ2) is 8.57. The number of esters is 1. The highest BCUT2D eigenvalue weighted by atomic mass is 32.1. The minimum Gasteiger partial charge on any atom is -0.456 e. The zero-order valence-corrected chi connectivity index (χ0v) is 16.3. The average molecular weight is 401 g/mol. The minimum absolute atomic E-state index is 0.0494. The number of rotatable bonds is 4. The SMILES string of the molecule is CC(C)(C)OC(=O)c1ccc(NC(=S)NC(=O)c2ccc([N+](=O)[O-])cc2)cc1. The summed E-state index contributed by atoms with van der Waals surface area (Å²) in [7, 11) is 0. The van der Waals surface area contributed by atoms with Crippen molar-refractivity contribution in [2.45, 2.75) is 26.4 Å². The Bertz CT molecular complexity index is 903. The first kappa shape index (κ1) is 21.0. The van der Waals surface area contributed by atoms with E-state index in [2.05, 4.69) is 10.6 Å². The van der Waals surface area contributed by atoms with Crippen molar-refractivity contribution in [3.8, 4) is 0 Å². The monoisotopic (exact) mass is 401 g/mol. The van der Waals surface area contributed by atoms with E-state index in [1.807, 2.05) is 0 Å². The molecule has 2 rings (SSSR count). The maximum Gasteiger partial charge on any atom is 0.338 e. The Balaban J connectivity index is 1.94. The maximum absolute atomic E-state index is 12.1. The van der Waals surface area contributed by atoms with Gasteiger partial charge in [-0.1, -0.05) is 0 Å². The van der Waals surface area contributed by atoms with Crippen molar-refractivity contribution in [1.82, 2.24) is 5.32 Å². The van der Waals surface area contributed by atoms with Gasteiger partial charge < -0.3 is 10.1 Å². The first-order valence-corrected chi connectivity index (χ1v) is 8.66. The van der Waals surface area contributed by atoms with Gasteiger partial charge in [0, 0.05) is 23.4 Å². The molecule has 1 amide bonds. The van der Waals surface area contributed by atoms with Crippen LogP contribution in [0.25, 0.3) is 0 Å². The van der Waals surface area contributed by atoms with Crippen LogP contribution in [0.15, 0.2) is 48.5 Å². The van der Waals surface area contributed by atoms with Gasteiger partial charge in [-0.3, -0.25) is 20.2 Å². The fourth-order valence-electron chi connectivity index (χ4n) is 2.10. The Morgan fingerprint density at radius 3 is 2.04 bits per heavy atom. The van der Waals surface area contributed by atoms with Crippen LogP contribution in [-0.4, -0.2) is 27.5 Å². The number of nitro groups is 1. The number of hydrogen-bond donors (Lipinski definition) is 2. The molecule has 0 bridgehead atoms. The molecule has 8 nitrogen and oxygen atoms in total. The summed E-state index contributed by atoms with van der Waals surface area (Å²) in [4.78, 5) is 34.2. The number of amides is 1. The smallest absolute Gasteiger partial charge is 0.338 e. The third-order valence-electron chi connectivity index (χ3n) is 3.34. The van der Waals surface area contributed by atoms with Crippen molar-refractivity contribution in [2.75, 3.05) is 5.32 Å². The lowest BCUT2D eigenvalue weighted by molar-refractivity contribution is -0.384. The van der Waals surface area contributed by atoms with Crippen LogP contribution in [0.3, 0.4) is 0 Å². The number of anilines is 1. The first-order valence-electron chi connectivity index (χ1n) is 8.25. The number of hydrogen-bond acceptors (Lipinski definition) is 6. The van der Waals surface area contributed by atoms with Crippen molar-refractivity contribution >= 4 is 40.6 Å². The maximum atomic E-state index is 12.1. The van der Waals surface area contributed by atoms with Gasteiger partial charge in [0.25, 0.3) is 11.6 Å². The highest BCUT2D eigenvalue weighted by Crippen LogP contribution is 2.15. The number of thiocarbonyl (C=S) groups is 1. The summed E-state index contributed by atoms with van der Waals surface area (Å²) >= 11 is 5.09. The lowest BCUT2D eigenvalue weighted by atomic mass is 10.1. The summed E-state index contributed by atoms with van der Waals surface area (Å²) in [5, 5.41) is 16.0. The van der Waals surface area contributed by atoms with Gasteiger partial charge >= 0.3 is 5.97 Å². The van der Waals surface area contributed by atoms with Crippen LogP contribution in [0, 0.1) is 10.1 Å². The lowest BCUT2D eigenvalue weighted by Crippen LogP contribution is -2.34. The number of non-ortho nitro benzene ring substituents is 1. The summed E-state index contributed by atoms with van der Waals surface area (Å²) in [5.41, 5.74) is 0.498. The number of carbonyl (C=O) groups excluding carboxylic acids is 2. The van der Waals surface area contributed by atoms with Crippen molar-refractivity contribution in [3.63, 3.8) is 0 Å². The van der Waals surface area contributed by atoms with Crippen molar-refractivity contribution in [1.29, 1.82) is 0 Å². The van der Waals surface area contributed by atoms with E-state index in [0.717, 1.165) is 0 Å². The Morgan fingerprint density at radius 1 is 1.00 bits per heavy atom. The third-order valence-corrected chi connectivity index (χ3v) is 3.55. The van der Waals surface area contributed by atoms with Crippen LogP contribution in [0.5, 0.6) is 0 Å². The number of carbonyl (C=O) groups is 2. The molecular formula is C19H19N3O5S. The fourth-order valence-corrected chi connectivity index (χ4v) is 2.31. The Hall–Kier alpha value is -3.33. The second-order valence-corrected chi connectivity index (χ2v) is 7.20. The quantitative estimate of drug-likeness (QED) is 0.348. The minimum atomic E-state index is -0.586. The van der Waals surface area contributed by atoms with Gasteiger partial charge in [0.1, 0.15) is 5.60 Å². The Morgan fingerprint density at radius 2 is 1.54 bits per heavy atom. The summed E-state index contributed by atoms with van der Waals surface area (Å²) in [5.74, 6) is -0.939. The van der Waals surface area contributed by atoms with E-state index in [4.69, 9.17) is 17.0 Å². The molecule has 0 heterocycles. The molecule has 0 aliphatic heterocycles. The van der Waals surface area contributed by atoms with Crippen LogP contribution < -0.4 is 10.6 Å². The molecule has 2 N–H and O–H groups in total. The van der Waals surface area contributed by atoms with E-state index in [1.165, 1.54) is 24.3 Å². The Labute approximate surface area is 167 Å². The van der Waals surface area contributed by atoms with Crippen LogP contribution in [-0.2, 0) is 4.74 Å². The Kier molecular flexibility index (Phi) is 6.42. The third kappa shape index (κ3) is 6.13. The molecule has 0 saturated heterocycles. The molecule has 2 aromatic carbocycles. The zero-order valence-electron chi connectivity index (χ0n) is 15.5. The van der Waals surface area contributed by atoms with E-state index >= 15 is 0 Å². The summed E-state index contributed by atoms with van der Waals surface area (Å²) in [6, 6.07) is 11.6. The normalized spacial score (nSPS) is 10.7. The molecule has 28 heavy (non-hydrogen) atoms. The molecule has 0 radical (unpaired) electrons. The van der Waals surface area contributed by atoms with E-state index in [9.17, 15) is 19.7 Å². The predicted molar refractivity (Wildman–Crippen MR) is 108 cm³/mol. The summed E-state index contributed by atoms with van der Waals surface area (Å²) in [6.45, 7) is 5.35. The number of nitrogens with one attached hydrogen (secondary N) is 2. The largest absolute Gasteiger partial charge is 0.456 e. The number of nitro benzene ring substituents is 1. The van der Waals surface area contributed by atoms with Gasteiger partial charge in [0.05, 0.1) is 10.5 Å². The van der Waals surface area contributed by atoms with Crippen molar-refractivity contribution < 1.29 is 19.2 Å². The molecule has 0 unspecified atom stereocenters. The van der Waals surface area contributed by atoms with Gasteiger partial charge in [0.15, 0.2) is 5.11 Å². The van der Waals surface area contributed by atoms with Gasteiger partial charge in [0.2, 0.25) is 0 Å². The second-order valence-electron chi connectivity index (χ2n) is 6.79. The van der Waals surface area contributed by atoms with E-state index in [-0.39, 0.29) is 16.4 Å². The van der Waals surface area contributed by atoms with E-state index in [1.54, 1.807) is 45.0 Å². The predicted octanol–water partition coefficient (Wildman–Crippen LogP) is 3.68. The van der Waals surface area contributed by atoms with Crippen LogP contribution in [0.1, 0.15) is 41.5 Å². The standard InChI is InChI=1S/C19H19N3O5S/c1-19(2,3)27-17(24)13-4-8-14(9-5-13)20-18(28)21-16(23)12-6-10-15(11-7-12)22(25)26/h4-11H,1-3H3,(H2,20,21,23,28). The molecule has 9 heteroatoms. The van der Waals surface area contributed by atoms with Crippen LogP contribution in [0.2, 0.25) is 0 Å². The highest BCUT2D eigenvalue weighted by molar-refractivity contribution is 7.80. The molecule has 0 aromatic heterocycles. The van der Waals surface area contributed by atoms with Crippen molar-refractivity contribution in [3.05, 3.63) is 69.8 Å². The molecule has 0 aliphatic rings. The van der Waals surface area contributed by atoms with Gasteiger partial charge in [-0.2, -0.15) is 0 Å². The molecule has 0 aliphatic carbocycles. The molecule has 0 spiro atoms. The topological polar surface area (TPSA) is 111 Å².